The molecule has 6 nitrogen and oxygen atoms in total. The number of benzene rings is 2. The van der Waals surface area contributed by atoms with Gasteiger partial charge in [0, 0.05) is 67.8 Å². The van der Waals surface area contributed by atoms with Gasteiger partial charge in [-0.1, -0.05) is 55.3 Å². The number of para-hydroxylation sites is 1. The van der Waals surface area contributed by atoms with Gasteiger partial charge in [-0.15, -0.1) is 0 Å². The maximum absolute atomic E-state index is 13.9. The molecule has 0 aliphatic carbocycles. The molecule has 1 saturated heterocycles. The molecule has 0 spiro atoms. The van der Waals surface area contributed by atoms with E-state index in [0.717, 1.165) is 49.0 Å². The van der Waals surface area contributed by atoms with Crippen molar-refractivity contribution in [1.29, 1.82) is 0 Å². The molecule has 2 atom stereocenters. The molecular formula is C32H37ClN4O2. The number of halogens is 1. The zero-order valence-corrected chi connectivity index (χ0v) is 23.4. The Bertz CT molecular complexity index is 1270. The molecule has 3 aromatic rings. The second-order valence-electron chi connectivity index (χ2n) is 10.7. The van der Waals surface area contributed by atoms with Crippen molar-refractivity contribution < 1.29 is 9.59 Å². The SMILES string of the molecule is CCC(=O)N1CCC2CCCC(CN(C(=O)Cc3ccc(Cl)cc3)Cc3ccccc31)N2Cc1ccncc1. The molecular weight excluding hydrogens is 508 g/mol. The first-order valence-corrected chi connectivity index (χ1v) is 14.4. The van der Waals surface area contributed by atoms with E-state index in [1.807, 2.05) is 71.6 Å². The third kappa shape index (κ3) is 6.68. The van der Waals surface area contributed by atoms with Crippen LogP contribution in [0.3, 0.4) is 0 Å². The number of rotatable bonds is 5. The van der Waals surface area contributed by atoms with Crippen LogP contribution in [-0.2, 0) is 29.1 Å². The number of hydrogen-bond donors (Lipinski definition) is 0. The summed E-state index contributed by atoms with van der Waals surface area (Å²) < 4.78 is 0. The van der Waals surface area contributed by atoms with Crippen molar-refractivity contribution in [3.05, 3.63) is 94.8 Å². The van der Waals surface area contributed by atoms with E-state index in [9.17, 15) is 9.59 Å². The van der Waals surface area contributed by atoms with Crippen LogP contribution in [0.5, 0.6) is 0 Å². The Morgan fingerprint density at radius 3 is 2.41 bits per heavy atom. The second kappa shape index (κ2) is 12.8. The van der Waals surface area contributed by atoms with Crippen molar-refractivity contribution in [1.82, 2.24) is 14.8 Å². The molecule has 1 fully saturated rings. The minimum Gasteiger partial charge on any atom is -0.336 e. The van der Waals surface area contributed by atoms with Crippen molar-refractivity contribution in [3.63, 3.8) is 0 Å². The van der Waals surface area contributed by atoms with E-state index in [1.165, 1.54) is 5.56 Å². The first-order valence-electron chi connectivity index (χ1n) is 14.1. The van der Waals surface area contributed by atoms with Crippen LogP contribution >= 0.6 is 11.6 Å². The van der Waals surface area contributed by atoms with Gasteiger partial charge in [0.15, 0.2) is 0 Å². The van der Waals surface area contributed by atoms with Gasteiger partial charge in [-0.05, 0) is 66.3 Å². The standard InChI is InChI=1S/C32H37ClN4O2/c1-2-31(38)36-19-16-28-7-5-8-29(37(28)21-25-14-17-34-18-15-25)23-35(22-26-6-3-4-9-30(26)36)32(39)20-24-10-12-27(33)13-11-24/h3-4,6,9-15,17-18,28-29H,2,5,7-8,16,19-23H2,1H3. The molecule has 39 heavy (non-hydrogen) atoms. The van der Waals surface area contributed by atoms with Crippen LogP contribution < -0.4 is 4.90 Å². The normalized spacial score (nSPS) is 20.2. The molecule has 7 heteroatoms. The fourth-order valence-corrected chi connectivity index (χ4v) is 6.17. The van der Waals surface area contributed by atoms with Crippen molar-refractivity contribution in [2.75, 3.05) is 18.0 Å². The Labute approximate surface area is 236 Å². The highest BCUT2D eigenvalue weighted by molar-refractivity contribution is 6.30. The highest BCUT2D eigenvalue weighted by Gasteiger charge is 2.34. The van der Waals surface area contributed by atoms with Crippen LogP contribution in [0.1, 0.15) is 55.7 Å². The van der Waals surface area contributed by atoms with Crippen LogP contribution in [0.25, 0.3) is 0 Å². The lowest BCUT2D eigenvalue weighted by molar-refractivity contribution is -0.132. The summed E-state index contributed by atoms with van der Waals surface area (Å²) in [4.78, 5) is 37.9. The smallest absolute Gasteiger partial charge is 0.227 e. The summed E-state index contributed by atoms with van der Waals surface area (Å²) in [5.41, 5.74) is 4.11. The predicted molar refractivity (Wildman–Crippen MR) is 155 cm³/mol. The first kappa shape index (κ1) is 27.4. The van der Waals surface area contributed by atoms with Crippen LogP contribution in [0.15, 0.2) is 73.1 Å². The van der Waals surface area contributed by atoms with Gasteiger partial charge in [0.05, 0.1) is 6.42 Å². The maximum atomic E-state index is 13.9. The lowest BCUT2D eigenvalue weighted by Crippen LogP contribution is -2.52. The maximum Gasteiger partial charge on any atom is 0.227 e. The highest BCUT2D eigenvalue weighted by Crippen LogP contribution is 2.32. The summed E-state index contributed by atoms with van der Waals surface area (Å²) in [5, 5.41) is 0.663. The molecule has 2 aliphatic heterocycles. The van der Waals surface area contributed by atoms with E-state index in [-0.39, 0.29) is 17.9 Å². The third-order valence-electron chi connectivity index (χ3n) is 8.11. The number of hydrogen-bond acceptors (Lipinski definition) is 4. The Balaban J connectivity index is 1.52. The van der Waals surface area contributed by atoms with Crippen molar-refractivity contribution >= 4 is 29.1 Å². The van der Waals surface area contributed by atoms with Gasteiger partial charge < -0.3 is 9.80 Å². The zero-order valence-electron chi connectivity index (χ0n) is 22.6. The Morgan fingerprint density at radius 1 is 0.897 bits per heavy atom. The van der Waals surface area contributed by atoms with Crippen LogP contribution in [0.2, 0.25) is 5.02 Å². The molecule has 204 valence electrons. The molecule has 5 rings (SSSR count). The molecule has 2 unspecified atom stereocenters. The van der Waals surface area contributed by atoms with Gasteiger partial charge in [0.25, 0.3) is 0 Å². The largest absolute Gasteiger partial charge is 0.336 e. The summed E-state index contributed by atoms with van der Waals surface area (Å²) in [5.74, 6) is 0.208. The van der Waals surface area contributed by atoms with Gasteiger partial charge in [0.2, 0.25) is 11.8 Å². The first-order chi connectivity index (χ1) is 19.0. The monoisotopic (exact) mass is 544 g/mol. The van der Waals surface area contributed by atoms with Gasteiger partial charge in [0.1, 0.15) is 0 Å². The van der Waals surface area contributed by atoms with Crippen LogP contribution in [-0.4, -0.2) is 51.8 Å². The zero-order chi connectivity index (χ0) is 27.2. The Kier molecular flexibility index (Phi) is 8.95. The molecule has 2 bridgehead atoms. The molecule has 0 radical (unpaired) electrons. The van der Waals surface area contributed by atoms with Gasteiger partial charge in [-0.3, -0.25) is 19.5 Å². The topological polar surface area (TPSA) is 56.8 Å². The lowest BCUT2D eigenvalue weighted by atomic mass is 9.92. The molecule has 3 heterocycles. The fourth-order valence-electron chi connectivity index (χ4n) is 6.04. The molecule has 1 aromatic heterocycles. The summed E-state index contributed by atoms with van der Waals surface area (Å²) >= 11 is 6.10. The minimum atomic E-state index is 0.0886. The van der Waals surface area contributed by atoms with E-state index in [0.29, 0.717) is 43.5 Å². The van der Waals surface area contributed by atoms with E-state index in [4.69, 9.17) is 11.6 Å². The average molecular weight is 545 g/mol. The summed E-state index contributed by atoms with van der Waals surface area (Å²) in [6, 6.07) is 20.3. The van der Waals surface area contributed by atoms with Crippen molar-refractivity contribution in [2.45, 2.75) is 70.6 Å². The number of anilines is 1. The van der Waals surface area contributed by atoms with E-state index >= 15 is 0 Å². The number of piperidine rings is 1. The molecule has 2 aromatic carbocycles. The number of amides is 2. The molecule has 0 N–H and O–H groups in total. The second-order valence-corrected chi connectivity index (χ2v) is 11.1. The predicted octanol–water partition coefficient (Wildman–Crippen LogP) is 5.88. The minimum absolute atomic E-state index is 0.0886. The molecule has 0 saturated carbocycles. The number of carbonyl (C=O) groups excluding carboxylic acids is 2. The lowest BCUT2D eigenvalue weighted by Gasteiger charge is -2.44. The Morgan fingerprint density at radius 2 is 1.64 bits per heavy atom. The van der Waals surface area contributed by atoms with Gasteiger partial charge in [-0.2, -0.15) is 0 Å². The third-order valence-corrected chi connectivity index (χ3v) is 8.36. The summed E-state index contributed by atoms with van der Waals surface area (Å²) in [6.07, 6.45) is 8.62. The van der Waals surface area contributed by atoms with Gasteiger partial charge in [-0.25, -0.2) is 0 Å². The molecule has 2 amide bonds. The van der Waals surface area contributed by atoms with E-state index < -0.39 is 0 Å². The summed E-state index contributed by atoms with van der Waals surface area (Å²) in [7, 11) is 0. The van der Waals surface area contributed by atoms with E-state index in [1.54, 1.807) is 0 Å². The number of nitrogens with zero attached hydrogens (tertiary/aromatic N) is 4. The van der Waals surface area contributed by atoms with Crippen molar-refractivity contribution in [3.8, 4) is 0 Å². The quantitative estimate of drug-likeness (QED) is 0.403. The van der Waals surface area contributed by atoms with Crippen LogP contribution in [0.4, 0.5) is 5.69 Å². The molecule has 2 aliphatic rings. The fraction of sp³-hybridized carbons (Fsp3) is 0.406. The highest BCUT2D eigenvalue weighted by atomic mass is 35.5. The van der Waals surface area contributed by atoms with Crippen LogP contribution in [0, 0.1) is 0 Å². The number of pyridine rings is 1. The number of aromatic nitrogens is 1. The number of carbonyl (C=O) groups is 2. The van der Waals surface area contributed by atoms with Gasteiger partial charge >= 0.3 is 0 Å². The van der Waals surface area contributed by atoms with E-state index in [2.05, 4.69) is 28.1 Å². The number of fused-ring (bicyclic) bond motifs is 3. The summed E-state index contributed by atoms with van der Waals surface area (Å²) in [6.45, 7) is 4.53. The Hall–Kier alpha value is -3.22. The average Bonchev–Trinajstić information content (AvgIpc) is 2.97. The van der Waals surface area contributed by atoms with Crippen molar-refractivity contribution in [2.24, 2.45) is 0 Å².